The van der Waals surface area contributed by atoms with Gasteiger partial charge in [-0.05, 0) is 36.8 Å². The number of Topliss-reactive ketones (excluding diaryl/α,β-unsaturated/α-hetero) is 1. The van der Waals surface area contributed by atoms with Gasteiger partial charge in [0.05, 0.1) is 4.92 Å². The summed E-state index contributed by atoms with van der Waals surface area (Å²) in [4.78, 5) is 26.6. The second-order valence-corrected chi connectivity index (χ2v) is 6.15. The molecule has 0 saturated carbocycles. The van der Waals surface area contributed by atoms with E-state index in [0.29, 0.717) is 17.2 Å². The molecule has 144 valence electrons. The van der Waals surface area contributed by atoms with Crippen LogP contribution in [0.4, 0.5) is 17.1 Å². The van der Waals surface area contributed by atoms with Crippen molar-refractivity contribution in [2.24, 2.45) is 7.05 Å². The first-order valence-electron chi connectivity index (χ1n) is 8.43. The van der Waals surface area contributed by atoms with Crippen LogP contribution >= 0.6 is 0 Å². The van der Waals surface area contributed by atoms with Crippen LogP contribution < -0.4 is 5.32 Å². The molecule has 0 spiro atoms. The molecule has 3 aromatic rings. The van der Waals surface area contributed by atoms with Crippen molar-refractivity contribution in [1.29, 1.82) is 0 Å². The Balaban J connectivity index is 1.94. The van der Waals surface area contributed by atoms with Gasteiger partial charge in [-0.2, -0.15) is 5.10 Å². The minimum Gasteiger partial charge on any atom is -0.369 e. The van der Waals surface area contributed by atoms with Gasteiger partial charge >= 0.3 is 0 Å². The zero-order valence-electron chi connectivity index (χ0n) is 15.6. The maximum Gasteiger partial charge on any atom is 0.293 e. The summed E-state index contributed by atoms with van der Waals surface area (Å²) < 4.78 is 7.20. The van der Waals surface area contributed by atoms with E-state index in [9.17, 15) is 14.9 Å². The van der Waals surface area contributed by atoms with E-state index in [4.69, 9.17) is 4.74 Å². The summed E-state index contributed by atoms with van der Waals surface area (Å²) >= 11 is 0. The van der Waals surface area contributed by atoms with Gasteiger partial charge in [0.15, 0.2) is 11.6 Å². The number of methoxy groups -OCH3 is 1. The quantitative estimate of drug-likeness (QED) is 0.379. The van der Waals surface area contributed by atoms with Gasteiger partial charge < -0.3 is 10.1 Å². The van der Waals surface area contributed by atoms with Crippen LogP contribution in [-0.2, 0) is 11.8 Å². The molecule has 0 aliphatic rings. The number of nitrogens with one attached hydrogen (secondary N) is 1. The molecule has 2 aromatic carbocycles. The van der Waals surface area contributed by atoms with Gasteiger partial charge in [0.25, 0.3) is 5.69 Å². The van der Waals surface area contributed by atoms with Crippen molar-refractivity contribution in [3.05, 3.63) is 75.9 Å². The molecule has 9 nitrogen and oxygen atoms in total. The van der Waals surface area contributed by atoms with Crippen LogP contribution in [0.2, 0.25) is 0 Å². The van der Waals surface area contributed by atoms with Gasteiger partial charge in [-0.15, -0.1) is 0 Å². The topological polar surface area (TPSA) is 112 Å². The van der Waals surface area contributed by atoms with Crippen molar-refractivity contribution >= 4 is 22.8 Å². The molecule has 9 heteroatoms. The number of ketones is 1. The molecule has 0 aliphatic heterocycles. The van der Waals surface area contributed by atoms with Crippen molar-refractivity contribution in [2.75, 3.05) is 12.4 Å². The van der Waals surface area contributed by atoms with Crippen LogP contribution in [0.5, 0.6) is 0 Å². The molecule has 0 aliphatic carbocycles. The summed E-state index contributed by atoms with van der Waals surface area (Å²) in [6, 6.07) is 11.7. The Labute approximate surface area is 161 Å². The number of rotatable bonds is 7. The van der Waals surface area contributed by atoms with Gasteiger partial charge in [0.2, 0.25) is 0 Å². The summed E-state index contributed by atoms with van der Waals surface area (Å²) in [5, 5.41) is 18.5. The average Bonchev–Trinajstić information content (AvgIpc) is 3.08. The molecule has 0 radical (unpaired) electrons. The number of aryl methyl sites for hydroxylation is 1. The van der Waals surface area contributed by atoms with Crippen LogP contribution in [0.25, 0.3) is 0 Å². The van der Waals surface area contributed by atoms with Gasteiger partial charge in [-0.1, -0.05) is 12.1 Å². The lowest BCUT2D eigenvalue weighted by atomic mass is 10.1. The average molecular weight is 381 g/mol. The van der Waals surface area contributed by atoms with Crippen molar-refractivity contribution in [3.8, 4) is 0 Å². The van der Waals surface area contributed by atoms with E-state index in [0.717, 1.165) is 5.56 Å². The summed E-state index contributed by atoms with van der Waals surface area (Å²) in [5.74, 6) is 0.403. The van der Waals surface area contributed by atoms with Crippen LogP contribution in [0, 0.1) is 10.1 Å². The number of aromatic nitrogens is 3. The Morgan fingerprint density at radius 1 is 1.29 bits per heavy atom. The van der Waals surface area contributed by atoms with Crippen molar-refractivity contribution in [1.82, 2.24) is 14.8 Å². The predicted molar refractivity (Wildman–Crippen MR) is 103 cm³/mol. The zero-order chi connectivity index (χ0) is 20.3. The van der Waals surface area contributed by atoms with E-state index in [2.05, 4.69) is 15.4 Å². The maximum atomic E-state index is 11.5. The second kappa shape index (κ2) is 7.97. The molecule has 1 atom stereocenters. The van der Waals surface area contributed by atoms with E-state index in [1.54, 1.807) is 31.0 Å². The van der Waals surface area contributed by atoms with Gasteiger partial charge in [0.1, 0.15) is 18.1 Å². The zero-order valence-corrected chi connectivity index (χ0v) is 15.6. The van der Waals surface area contributed by atoms with Gasteiger partial charge in [-0.3, -0.25) is 19.6 Å². The van der Waals surface area contributed by atoms with Crippen LogP contribution in [0.3, 0.4) is 0 Å². The number of carbonyl (C=O) groups is 1. The van der Waals surface area contributed by atoms with Crippen molar-refractivity contribution in [3.63, 3.8) is 0 Å². The highest BCUT2D eigenvalue weighted by molar-refractivity contribution is 5.95. The smallest absolute Gasteiger partial charge is 0.293 e. The van der Waals surface area contributed by atoms with E-state index in [1.165, 1.54) is 25.4 Å². The summed E-state index contributed by atoms with van der Waals surface area (Å²) in [5.41, 5.74) is 1.86. The minimum absolute atomic E-state index is 0.172. The van der Waals surface area contributed by atoms with E-state index in [-0.39, 0.29) is 17.0 Å². The third-order valence-electron chi connectivity index (χ3n) is 4.29. The first-order chi connectivity index (χ1) is 13.4. The number of nitrogens with zero attached hydrogens (tertiary/aromatic N) is 4. The largest absolute Gasteiger partial charge is 0.369 e. The molecule has 0 amide bonds. The first kappa shape index (κ1) is 19.2. The third kappa shape index (κ3) is 3.89. The highest BCUT2D eigenvalue weighted by Gasteiger charge is 2.20. The molecule has 3 rings (SSSR count). The summed E-state index contributed by atoms with van der Waals surface area (Å²) in [6.45, 7) is 1.37. The number of benzene rings is 2. The van der Waals surface area contributed by atoms with Crippen LogP contribution in [0.15, 0.2) is 48.8 Å². The number of nitro benzene ring substituents is 1. The lowest BCUT2D eigenvalue weighted by Gasteiger charge is -2.16. The Hall–Kier alpha value is -3.59. The molecule has 0 saturated heterocycles. The number of nitro groups is 1. The molecule has 1 heterocycles. The number of anilines is 2. The van der Waals surface area contributed by atoms with E-state index >= 15 is 0 Å². The van der Waals surface area contributed by atoms with Crippen LogP contribution in [-0.4, -0.2) is 32.6 Å². The maximum absolute atomic E-state index is 11.5. The molecule has 0 fully saturated rings. The molecular formula is C19H19N5O4. The fraction of sp³-hybridized carbons (Fsp3) is 0.211. The molecule has 28 heavy (non-hydrogen) atoms. The highest BCUT2D eigenvalue weighted by atomic mass is 16.6. The molecule has 1 unspecified atom stereocenters. The predicted octanol–water partition coefficient (Wildman–Crippen LogP) is 3.41. The fourth-order valence-corrected chi connectivity index (χ4v) is 2.88. The highest BCUT2D eigenvalue weighted by Crippen LogP contribution is 2.31. The van der Waals surface area contributed by atoms with Crippen LogP contribution in [0.1, 0.15) is 34.8 Å². The standard InChI is InChI=1S/C19H19N5O4/c1-12(25)13-7-8-16(17(10-13)24(26)27)22-15-6-4-5-14(9-15)18(28-3)19-20-11-21-23(19)2/h4-11,18,22H,1-3H3. The Kier molecular flexibility index (Phi) is 5.46. The fourth-order valence-electron chi connectivity index (χ4n) is 2.88. The summed E-state index contributed by atoms with van der Waals surface area (Å²) in [6.07, 6.45) is 1.01. The lowest BCUT2D eigenvalue weighted by molar-refractivity contribution is -0.383. The van der Waals surface area contributed by atoms with Gasteiger partial charge in [-0.25, -0.2) is 4.98 Å². The number of hydrogen-bond donors (Lipinski definition) is 1. The normalized spacial score (nSPS) is 11.8. The minimum atomic E-state index is -0.518. The summed E-state index contributed by atoms with van der Waals surface area (Å²) in [7, 11) is 3.35. The number of ether oxygens (including phenoxy) is 1. The number of hydrogen-bond acceptors (Lipinski definition) is 7. The lowest BCUT2D eigenvalue weighted by Crippen LogP contribution is -2.11. The first-order valence-corrected chi connectivity index (χ1v) is 8.43. The van der Waals surface area contributed by atoms with E-state index < -0.39 is 11.0 Å². The van der Waals surface area contributed by atoms with Crippen molar-refractivity contribution < 1.29 is 14.5 Å². The van der Waals surface area contributed by atoms with E-state index in [1.807, 2.05) is 18.2 Å². The Morgan fingerprint density at radius 3 is 2.68 bits per heavy atom. The molecule has 1 aromatic heterocycles. The van der Waals surface area contributed by atoms with Crippen molar-refractivity contribution in [2.45, 2.75) is 13.0 Å². The Morgan fingerprint density at radius 2 is 2.07 bits per heavy atom. The second-order valence-electron chi connectivity index (χ2n) is 6.15. The monoisotopic (exact) mass is 381 g/mol. The SMILES string of the molecule is COC(c1cccc(Nc2ccc(C(C)=O)cc2[N+](=O)[O-])c1)c1ncnn1C. The molecular weight excluding hydrogens is 362 g/mol. The molecule has 0 bridgehead atoms. The Bertz CT molecular complexity index is 1030. The van der Waals surface area contributed by atoms with Gasteiger partial charge in [0, 0.05) is 31.5 Å². The number of carbonyl (C=O) groups excluding carboxylic acids is 1. The third-order valence-corrected chi connectivity index (χ3v) is 4.29. The molecule has 1 N–H and O–H groups in total.